The Morgan fingerprint density at radius 2 is 1.73 bits per heavy atom. The van der Waals surface area contributed by atoms with E-state index in [2.05, 4.69) is 6.92 Å². The molecule has 1 heterocycles. The molecule has 0 aromatic carbocycles. The van der Waals surface area contributed by atoms with Crippen molar-refractivity contribution in [1.82, 2.24) is 0 Å². The van der Waals surface area contributed by atoms with Gasteiger partial charge in [-0.05, 0) is 93.6 Å². The number of esters is 1. The average Bonchev–Trinajstić information content (AvgIpc) is 3.21. The number of unbranched alkanes of at least 4 members (excludes halogenated alkanes) is 3. The molecule has 4 saturated carbocycles. The minimum Gasteiger partial charge on any atom is -0.481 e. The van der Waals surface area contributed by atoms with E-state index in [1.54, 1.807) is 13.0 Å². The van der Waals surface area contributed by atoms with Crippen molar-refractivity contribution in [1.29, 1.82) is 0 Å². The molecule has 1 aromatic heterocycles. The number of Topliss-reactive ketones (excluding diaryl/α,β-unsaturated/α-hetero) is 1. The lowest BCUT2D eigenvalue weighted by Gasteiger charge is -2.64. The minimum atomic E-state index is -1.27. The summed E-state index contributed by atoms with van der Waals surface area (Å²) in [5.41, 5.74) is -2.58. The molecular weight excluding hydrogens is 528 g/mol. The van der Waals surface area contributed by atoms with Crippen LogP contribution in [0.3, 0.4) is 0 Å². The fraction of sp³-hybridized carbons (Fsp3) is 0.750. The van der Waals surface area contributed by atoms with Crippen LogP contribution in [0.2, 0.25) is 0 Å². The van der Waals surface area contributed by atoms with E-state index in [0.29, 0.717) is 63.4 Å². The van der Waals surface area contributed by atoms with Crippen molar-refractivity contribution in [2.24, 2.45) is 28.6 Å². The fourth-order valence-electron chi connectivity index (χ4n) is 9.36. The zero-order chi connectivity index (χ0) is 29.6. The lowest BCUT2D eigenvalue weighted by molar-refractivity contribution is -0.229. The maximum atomic E-state index is 14.1. The molecule has 0 spiro atoms. The van der Waals surface area contributed by atoms with E-state index >= 15 is 0 Å². The van der Waals surface area contributed by atoms with Gasteiger partial charge in [0, 0.05) is 30.7 Å². The van der Waals surface area contributed by atoms with E-state index in [4.69, 9.17) is 14.3 Å². The molecule has 4 aliphatic rings. The molecule has 9 atom stereocenters. The number of aliphatic hydroxyl groups is 2. The van der Waals surface area contributed by atoms with E-state index < -0.39 is 28.7 Å². The van der Waals surface area contributed by atoms with Crippen molar-refractivity contribution in [3.05, 3.63) is 34.4 Å². The molecule has 0 unspecified atom stereocenters. The van der Waals surface area contributed by atoms with Gasteiger partial charge in [-0.2, -0.15) is 0 Å². The molecule has 4 fully saturated rings. The summed E-state index contributed by atoms with van der Waals surface area (Å²) in [6, 6.07) is 3.00. The third-order valence-electron chi connectivity index (χ3n) is 11.6. The van der Waals surface area contributed by atoms with Crippen LogP contribution < -0.4 is 5.63 Å². The first-order chi connectivity index (χ1) is 19.4. The second-order valence-electron chi connectivity index (χ2n) is 13.5. The number of rotatable bonds is 9. The molecule has 0 radical (unpaired) electrons. The highest BCUT2D eigenvalue weighted by molar-refractivity contribution is 5.93. The fourth-order valence-corrected chi connectivity index (χ4v) is 9.36. The molecule has 226 valence electrons. The Labute approximate surface area is 240 Å². The molecule has 41 heavy (non-hydrogen) atoms. The van der Waals surface area contributed by atoms with Crippen LogP contribution in [0.25, 0.3) is 0 Å². The highest BCUT2D eigenvalue weighted by Crippen LogP contribution is 2.69. The molecule has 1 aromatic rings. The number of hydrogen-bond acceptors (Lipinski definition) is 8. The first-order valence-electron chi connectivity index (χ1n) is 15.4. The van der Waals surface area contributed by atoms with Gasteiger partial charge in [0.15, 0.2) is 5.78 Å². The van der Waals surface area contributed by atoms with E-state index in [0.717, 1.165) is 19.3 Å². The zero-order valence-corrected chi connectivity index (χ0v) is 24.2. The first-order valence-corrected chi connectivity index (χ1v) is 15.4. The van der Waals surface area contributed by atoms with Crippen molar-refractivity contribution < 1.29 is 38.9 Å². The lowest BCUT2D eigenvalue weighted by Crippen LogP contribution is -2.70. The predicted molar refractivity (Wildman–Crippen MR) is 148 cm³/mol. The summed E-state index contributed by atoms with van der Waals surface area (Å²) >= 11 is 0. The maximum absolute atomic E-state index is 14.1. The van der Waals surface area contributed by atoms with Crippen LogP contribution in [0, 0.1) is 28.6 Å². The number of aliphatic carboxylic acids is 1. The van der Waals surface area contributed by atoms with E-state index in [1.807, 2.05) is 0 Å². The van der Waals surface area contributed by atoms with Gasteiger partial charge in [-0.25, -0.2) is 4.79 Å². The standard InChI is InChI=1S/C32H44O9/c1-30-15-13-21(41-26(36)8-6-4-3-5-7-24(33)34)17-20(30)10-11-23-27(30)28(37)29(38)31(2)22(14-16-32(23,31)39)19-9-12-25(35)40-18-19/h9,12,18,20-23,27-28,37,39H,3-8,10-11,13-17H2,1-2H3,(H,33,34)/t20-,21-,22+,23+,27-,28-,30-,31-,32-/m0/s1. The quantitative estimate of drug-likeness (QED) is 0.289. The summed E-state index contributed by atoms with van der Waals surface area (Å²) in [6.45, 7) is 3.93. The van der Waals surface area contributed by atoms with Crippen LogP contribution in [0.1, 0.15) is 109 Å². The van der Waals surface area contributed by atoms with Gasteiger partial charge >= 0.3 is 17.6 Å². The summed E-state index contributed by atoms with van der Waals surface area (Å²) in [6.07, 6.45) is 7.92. The Balaban J connectivity index is 1.25. The van der Waals surface area contributed by atoms with E-state index in [9.17, 15) is 29.4 Å². The largest absolute Gasteiger partial charge is 0.481 e. The summed E-state index contributed by atoms with van der Waals surface area (Å²) < 4.78 is 10.9. The molecule has 0 amide bonds. The Bertz CT molecular complexity index is 1200. The molecule has 0 bridgehead atoms. The normalized spacial score (nSPS) is 39.9. The van der Waals surface area contributed by atoms with Gasteiger partial charge in [0.25, 0.3) is 0 Å². The highest BCUT2D eigenvalue weighted by atomic mass is 16.5. The van der Waals surface area contributed by atoms with Crippen LogP contribution in [0.5, 0.6) is 0 Å². The van der Waals surface area contributed by atoms with Crippen LogP contribution in [-0.2, 0) is 19.1 Å². The summed E-state index contributed by atoms with van der Waals surface area (Å²) in [7, 11) is 0. The van der Waals surface area contributed by atoms with Gasteiger partial charge < -0.3 is 24.5 Å². The van der Waals surface area contributed by atoms with Crippen molar-refractivity contribution in [2.45, 2.75) is 121 Å². The topological polar surface area (TPSA) is 151 Å². The maximum Gasteiger partial charge on any atom is 0.335 e. The number of carboxylic acid groups (broad SMARTS) is 1. The van der Waals surface area contributed by atoms with Crippen LogP contribution in [-0.4, -0.2) is 50.9 Å². The molecule has 4 aliphatic carbocycles. The zero-order valence-electron chi connectivity index (χ0n) is 24.2. The molecule has 5 rings (SSSR count). The number of hydrogen-bond donors (Lipinski definition) is 3. The van der Waals surface area contributed by atoms with Crippen molar-refractivity contribution in [2.75, 3.05) is 0 Å². The van der Waals surface area contributed by atoms with E-state index in [1.165, 1.54) is 12.3 Å². The van der Waals surface area contributed by atoms with Crippen LogP contribution >= 0.6 is 0 Å². The lowest BCUT2D eigenvalue weighted by atomic mass is 9.42. The van der Waals surface area contributed by atoms with Crippen molar-refractivity contribution >= 4 is 17.7 Å². The minimum absolute atomic E-state index is 0.151. The number of carbonyl (C=O) groups is 3. The van der Waals surface area contributed by atoms with Crippen LogP contribution in [0.4, 0.5) is 0 Å². The van der Waals surface area contributed by atoms with Crippen LogP contribution in [0.15, 0.2) is 27.6 Å². The molecule has 9 heteroatoms. The number of fused-ring (bicyclic) bond motifs is 5. The van der Waals surface area contributed by atoms with Gasteiger partial charge in [-0.3, -0.25) is 14.4 Å². The second kappa shape index (κ2) is 11.3. The molecule has 0 aliphatic heterocycles. The monoisotopic (exact) mass is 572 g/mol. The van der Waals surface area contributed by atoms with Gasteiger partial charge in [0.2, 0.25) is 0 Å². The number of ether oxygens (including phenoxy) is 1. The average molecular weight is 573 g/mol. The van der Waals surface area contributed by atoms with E-state index in [-0.39, 0.29) is 53.4 Å². The van der Waals surface area contributed by atoms with Gasteiger partial charge in [0.1, 0.15) is 12.2 Å². The Hall–Kier alpha value is -2.52. The number of ketones is 1. The third-order valence-corrected chi connectivity index (χ3v) is 11.6. The molecular formula is C32H44O9. The van der Waals surface area contributed by atoms with Crippen molar-refractivity contribution in [3.63, 3.8) is 0 Å². The highest BCUT2D eigenvalue weighted by Gasteiger charge is 2.73. The SMILES string of the molecule is C[C@]12CC[C@H](OC(=O)CCCCCCC(=O)O)C[C@@H]1CC[C@@H]1[C@H]2[C@H](O)C(=O)[C@]2(C)[C@@H](c3ccc(=O)oc3)CC[C@]12O. The van der Waals surface area contributed by atoms with Gasteiger partial charge in [-0.1, -0.05) is 19.8 Å². The predicted octanol–water partition coefficient (Wildman–Crippen LogP) is 4.37. The van der Waals surface area contributed by atoms with Gasteiger partial charge in [0.05, 0.1) is 17.3 Å². The van der Waals surface area contributed by atoms with Crippen molar-refractivity contribution in [3.8, 4) is 0 Å². The number of aliphatic hydroxyl groups excluding tert-OH is 1. The smallest absolute Gasteiger partial charge is 0.335 e. The Morgan fingerprint density at radius 1 is 1.00 bits per heavy atom. The second-order valence-corrected chi connectivity index (χ2v) is 13.5. The summed E-state index contributed by atoms with van der Waals surface area (Å²) in [5, 5.41) is 32.7. The number of carbonyl (C=O) groups excluding carboxylic acids is 2. The molecule has 3 N–H and O–H groups in total. The molecule has 0 saturated heterocycles. The number of carboxylic acids is 1. The summed E-state index contributed by atoms with van der Waals surface area (Å²) in [4.78, 5) is 48.8. The third kappa shape index (κ3) is 5.07. The molecule has 9 nitrogen and oxygen atoms in total. The Morgan fingerprint density at radius 3 is 2.41 bits per heavy atom. The van der Waals surface area contributed by atoms with Gasteiger partial charge in [-0.15, -0.1) is 0 Å². The first kappa shape index (κ1) is 30.0. The Kier molecular flexibility index (Phi) is 8.25. The summed E-state index contributed by atoms with van der Waals surface area (Å²) in [5.74, 6) is -2.14.